The summed E-state index contributed by atoms with van der Waals surface area (Å²) >= 11 is 6.06. The molecule has 5 rings (SSSR count). The van der Waals surface area contributed by atoms with Gasteiger partial charge in [-0.15, -0.1) is 0 Å². The first-order valence-corrected chi connectivity index (χ1v) is 11.5. The van der Waals surface area contributed by atoms with Gasteiger partial charge in [-0.3, -0.25) is 4.68 Å². The first kappa shape index (κ1) is 23.9. The molecule has 0 radical (unpaired) electrons. The van der Waals surface area contributed by atoms with Crippen LogP contribution in [0.15, 0.2) is 91.0 Å². The van der Waals surface area contributed by atoms with Crippen LogP contribution in [0.3, 0.4) is 0 Å². The minimum Gasteiger partial charge on any atom is -0.489 e. The van der Waals surface area contributed by atoms with Gasteiger partial charge in [0.25, 0.3) is 0 Å². The highest BCUT2D eigenvalue weighted by Crippen LogP contribution is 2.38. The largest absolute Gasteiger partial charge is 0.489 e. The molecule has 5 aromatic rings. The smallest absolute Gasteiger partial charge is 0.418 e. The van der Waals surface area contributed by atoms with Crippen LogP contribution < -0.4 is 4.74 Å². The number of benzene rings is 4. The van der Waals surface area contributed by atoms with Gasteiger partial charge < -0.3 is 4.74 Å². The van der Waals surface area contributed by atoms with E-state index in [-0.39, 0.29) is 22.7 Å². The maximum atomic E-state index is 14.0. The molecule has 0 aliphatic carbocycles. The molecular formula is C28H19ClF4N2O. The standard InChI is InChI=1S/C28H19ClF4N2O/c29-24-10-5-11-25(30)22(24)17-36-20-14-12-19(13-15-20)27-21-8-4-9-23(28(31,32)33)26(21)34-35(27)16-18-6-2-1-3-7-18/h1-15H,16-17H2. The Morgan fingerprint density at radius 3 is 2.25 bits per heavy atom. The van der Waals surface area contributed by atoms with E-state index in [4.69, 9.17) is 16.3 Å². The molecule has 0 saturated heterocycles. The zero-order chi connectivity index (χ0) is 25.3. The van der Waals surface area contributed by atoms with Crippen LogP contribution in [0.2, 0.25) is 5.02 Å². The number of aromatic nitrogens is 2. The lowest BCUT2D eigenvalue weighted by Gasteiger charge is -2.11. The van der Waals surface area contributed by atoms with E-state index in [0.717, 1.165) is 11.6 Å². The second-order valence-electron chi connectivity index (χ2n) is 8.20. The van der Waals surface area contributed by atoms with Crippen LogP contribution >= 0.6 is 11.6 Å². The first-order chi connectivity index (χ1) is 17.3. The third kappa shape index (κ3) is 4.79. The van der Waals surface area contributed by atoms with E-state index in [1.54, 1.807) is 41.1 Å². The molecule has 0 aliphatic heterocycles. The van der Waals surface area contributed by atoms with Gasteiger partial charge in [0.05, 0.1) is 22.8 Å². The van der Waals surface area contributed by atoms with Crippen LogP contribution in [0.1, 0.15) is 16.7 Å². The third-order valence-electron chi connectivity index (χ3n) is 5.82. The number of hydrogen-bond donors (Lipinski definition) is 0. The number of fused-ring (bicyclic) bond motifs is 1. The molecule has 0 spiro atoms. The molecule has 1 heterocycles. The SMILES string of the molecule is Fc1cccc(Cl)c1COc1ccc(-c2c3cccc(C(F)(F)F)c3nn2Cc2ccccc2)cc1. The molecule has 8 heteroatoms. The average Bonchev–Trinajstić information content (AvgIpc) is 3.22. The lowest BCUT2D eigenvalue weighted by atomic mass is 10.0. The predicted molar refractivity (Wildman–Crippen MR) is 131 cm³/mol. The van der Waals surface area contributed by atoms with Crippen LogP contribution in [0.25, 0.3) is 22.2 Å². The molecule has 0 aliphatic rings. The van der Waals surface area contributed by atoms with E-state index >= 15 is 0 Å². The van der Waals surface area contributed by atoms with E-state index < -0.39 is 17.6 Å². The fourth-order valence-electron chi connectivity index (χ4n) is 4.09. The summed E-state index contributed by atoms with van der Waals surface area (Å²) < 4.78 is 62.5. The lowest BCUT2D eigenvalue weighted by molar-refractivity contribution is -0.136. The molecule has 1 aromatic heterocycles. The van der Waals surface area contributed by atoms with Crippen molar-refractivity contribution in [3.63, 3.8) is 0 Å². The van der Waals surface area contributed by atoms with Crippen molar-refractivity contribution in [1.82, 2.24) is 9.78 Å². The van der Waals surface area contributed by atoms with Crippen molar-refractivity contribution in [2.75, 3.05) is 0 Å². The minimum atomic E-state index is -4.53. The number of rotatable bonds is 6. The average molecular weight is 511 g/mol. The monoisotopic (exact) mass is 510 g/mol. The normalized spacial score (nSPS) is 11.7. The number of hydrogen-bond acceptors (Lipinski definition) is 2. The van der Waals surface area contributed by atoms with Crippen molar-refractivity contribution in [2.45, 2.75) is 19.3 Å². The third-order valence-corrected chi connectivity index (χ3v) is 6.18. The molecular weight excluding hydrogens is 492 g/mol. The van der Waals surface area contributed by atoms with Crippen molar-refractivity contribution in [2.24, 2.45) is 0 Å². The van der Waals surface area contributed by atoms with E-state index in [9.17, 15) is 17.6 Å². The van der Waals surface area contributed by atoms with Crippen molar-refractivity contribution in [1.29, 1.82) is 0 Å². The van der Waals surface area contributed by atoms with Crippen LogP contribution in [0.5, 0.6) is 5.75 Å². The Labute approximate surface area is 209 Å². The number of ether oxygens (including phenoxy) is 1. The Morgan fingerprint density at radius 1 is 0.833 bits per heavy atom. The number of halogens is 5. The summed E-state index contributed by atoms with van der Waals surface area (Å²) in [7, 11) is 0. The Kier molecular flexibility index (Phi) is 6.41. The van der Waals surface area contributed by atoms with Crippen LogP contribution in [0.4, 0.5) is 17.6 Å². The second-order valence-corrected chi connectivity index (χ2v) is 8.61. The molecule has 36 heavy (non-hydrogen) atoms. The number of alkyl halides is 3. The zero-order valence-corrected chi connectivity index (χ0v) is 19.5. The highest BCUT2D eigenvalue weighted by atomic mass is 35.5. The highest BCUT2D eigenvalue weighted by Gasteiger charge is 2.34. The Bertz CT molecular complexity index is 1490. The molecule has 0 N–H and O–H groups in total. The minimum absolute atomic E-state index is 0.0608. The fraction of sp³-hybridized carbons (Fsp3) is 0.107. The molecule has 0 amide bonds. The van der Waals surface area contributed by atoms with Gasteiger partial charge in [0.1, 0.15) is 23.7 Å². The molecule has 0 bridgehead atoms. The van der Waals surface area contributed by atoms with E-state index in [1.165, 1.54) is 18.2 Å². The predicted octanol–water partition coefficient (Wildman–Crippen LogP) is 8.14. The summed E-state index contributed by atoms with van der Waals surface area (Å²) in [6.45, 7) is 0.237. The molecule has 0 fully saturated rings. The topological polar surface area (TPSA) is 27.1 Å². The van der Waals surface area contributed by atoms with Crippen LogP contribution in [-0.4, -0.2) is 9.78 Å². The van der Waals surface area contributed by atoms with Gasteiger partial charge in [0.2, 0.25) is 0 Å². The van der Waals surface area contributed by atoms with Gasteiger partial charge in [-0.05, 0) is 48.0 Å². The van der Waals surface area contributed by atoms with Gasteiger partial charge in [-0.1, -0.05) is 60.1 Å². The summed E-state index contributed by atoms with van der Waals surface area (Å²) in [4.78, 5) is 0. The van der Waals surface area contributed by atoms with E-state index in [0.29, 0.717) is 28.9 Å². The molecule has 4 aromatic carbocycles. The van der Waals surface area contributed by atoms with E-state index in [1.807, 2.05) is 30.3 Å². The first-order valence-electron chi connectivity index (χ1n) is 11.1. The summed E-state index contributed by atoms with van der Waals surface area (Å²) in [5.41, 5.74) is 1.49. The quantitative estimate of drug-likeness (QED) is 0.216. The summed E-state index contributed by atoms with van der Waals surface area (Å²) in [6.07, 6.45) is -4.53. The van der Waals surface area contributed by atoms with Gasteiger partial charge in [-0.2, -0.15) is 18.3 Å². The van der Waals surface area contributed by atoms with Crippen molar-refractivity contribution >= 4 is 22.5 Å². The fourth-order valence-corrected chi connectivity index (χ4v) is 4.31. The molecule has 3 nitrogen and oxygen atoms in total. The zero-order valence-electron chi connectivity index (χ0n) is 18.8. The molecule has 0 saturated carbocycles. The molecule has 0 atom stereocenters. The maximum absolute atomic E-state index is 14.0. The van der Waals surface area contributed by atoms with Crippen molar-refractivity contribution in [3.05, 3.63) is 119 Å². The summed E-state index contributed by atoms with van der Waals surface area (Å²) in [5.74, 6) is 0.00310. The highest BCUT2D eigenvalue weighted by molar-refractivity contribution is 6.31. The van der Waals surface area contributed by atoms with Gasteiger partial charge >= 0.3 is 6.18 Å². The van der Waals surface area contributed by atoms with Crippen LogP contribution in [-0.2, 0) is 19.3 Å². The molecule has 0 unspecified atom stereocenters. The van der Waals surface area contributed by atoms with E-state index in [2.05, 4.69) is 5.10 Å². The second kappa shape index (κ2) is 9.66. The van der Waals surface area contributed by atoms with Gasteiger partial charge in [0, 0.05) is 16.5 Å². The Hall–Kier alpha value is -3.84. The maximum Gasteiger partial charge on any atom is 0.418 e. The summed E-state index contributed by atoms with van der Waals surface area (Å²) in [6, 6.07) is 24.7. The van der Waals surface area contributed by atoms with Crippen LogP contribution in [0, 0.1) is 5.82 Å². The number of nitrogens with zero attached hydrogens (tertiary/aromatic N) is 2. The Morgan fingerprint density at radius 2 is 1.56 bits per heavy atom. The van der Waals surface area contributed by atoms with Gasteiger partial charge in [0.15, 0.2) is 0 Å². The Balaban J connectivity index is 1.52. The summed E-state index contributed by atoms with van der Waals surface area (Å²) in [5, 5.41) is 5.04. The van der Waals surface area contributed by atoms with Gasteiger partial charge in [-0.25, -0.2) is 4.39 Å². The lowest BCUT2D eigenvalue weighted by Crippen LogP contribution is -2.06. The molecule has 182 valence electrons. The van der Waals surface area contributed by atoms with Crippen molar-refractivity contribution in [3.8, 4) is 17.0 Å². The van der Waals surface area contributed by atoms with Crippen molar-refractivity contribution < 1.29 is 22.3 Å².